The van der Waals surface area contributed by atoms with Gasteiger partial charge < -0.3 is 5.32 Å². The van der Waals surface area contributed by atoms with E-state index in [1.54, 1.807) is 6.92 Å². The summed E-state index contributed by atoms with van der Waals surface area (Å²) < 4.78 is 37.7. The van der Waals surface area contributed by atoms with Crippen molar-refractivity contribution in [2.45, 2.75) is 13.1 Å². The van der Waals surface area contributed by atoms with Gasteiger partial charge in [-0.3, -0.25) is 4.79 Å². The Morgan fingerprint density at radius 2 is 2.06 bits per heavy atom. The lowest BCUT2D eigenvalue weighted by molar-refractivity contribution is -0.137. The van der Waals surface area contributed by atoms with E-state index in [9.17, 15) is 18.0 Å². The van der Waals surface area contributed by atoms with E-state index in [4.69, 9.17) is 23.2 Å². The second kappa shape index (κ2) is 5.80. The lowest BCUT2D eigenvalue weighted by atomic mass is 10.1. The second-order valence-electron chi connectivity index (χ2n) is 3.74. The number of carbonyl (C=O) groups excluding carboxylic acids is 1. The predicted octanol–water partition coefficient (Wildman–Crippen LogP) is 4.17. The van der Waals surface area contributed by atoms with Gasteiger partial charge in [0.25, 0.3) is 0 Å². The Kier molecular flexibility index (Phi) is 4.87. The molecular formula is C11H10Cl2F3NO. The minimum Gasteiger partial charge on any atom is -0.326 e. The number of hydrogen-bond acceptors (Lipinski definition) is 1. The molecule has 0 aromatic heterocycles. The summed E-state index contributed by atoms with van der Waals surface area (Å²) in [5, 5.41) is 1.94. The molecule has 0 aliphatic rings. The first-order chi connectivity index (χ1) is 8.25. The molecule has 100 valence electrons. The molecule has 1 rings (SSSR count). The molecule has 0 heterocycles. The van der Waals surface area contributed by atoms with Gasteiger partial charge >= 0.3 is 6.18 Å². The van der Waals surface area contributed by atoms with Gasteiger partial charge in [-0.15, -0.1) is 11.6 Å². The highest BCUT2D eigenvalue weighted by atomic mass is 35.5. The summed E-state index contributed by atoms with van der Waals surface area (Å²) in [6, 6.07) is 3.18. The number of nitrogens with one attached hydrogen (secondary N) is 1. The van der Waals surface area contributed by atoms with Crippen molar-refractivity contribution in [1.82, 2.24) is 0 Å². The van der Waals surface area contributed by atoms with Crippen LogP contribution >= 0.6 is 23.2 Å². The summed E-state index contributed by atoms with van der Waals surface area (Å²) in [7, 11) is 0. The molecule has 0 saturated heterocycles. The second-order valence-corrected chi connectivity index (χ2v) is 4.45. The number of halogens is 5. The molecule has 18 heavy (non-hydrogen) atoms. The third-order valence-electron chi connectivity index (χ3n) is 2.22. The minimum atomic E-state index is -4.56. The zero-order chi connectivity index (χ0) is 13.9. The fourth-order valence-electron chi connectivity index (χ4n) is 1.16. The molecule has 1 aromatic rings. The first-order valence-corrected chi connectivity index (χ1v) is 5.90. The number of anilines is 1. The maximum atomic E-state index is 12.6. The fourth-order valence-corrected chi connectivity index (χ4v) is 1.52. The first kappa shape index (κ1) is 15.1. The van der Waals surface area contributed by atoms with Gasteiger partial charge in [-0.2, -0.15) is 13.2 Å². The molecule has 1 aromatic carbocycles. The molecular weight excluding hydrogens is 290 g/mol. The van der Waals surface area contributed by atoms with Crippen LogP contribution in [0.4, 0.5) is 18.9 Å². The van der Waals surface area contributed by atoms with Gasteiger partial charge in [0.1, 0.15) is 0 Å². The highest BCUT2D eigenvalue weighted by Crippen LogP contribution is 2.36. The maximum absolute atomic E-state index is 12.6. The van der Waals surface area contributed by atoms with Gasteiger partial charge in [0.2, 0.25) is 5.91 Å². The molecule has 0 fully saturated rings. The van der Waals surface area contributed by atoms with E-state index in [1.165, 1.54) is 6.07 Å². The van der Waals surface area contributed by atoms with Gasteiger partial charge in [-0.05, 0) is 18.2 Å². The number of amides is 1. The molecule has 1 N–H and O–H groups in total. The lowest BCUT2D eigenvalue weighted by Gasteiger charge is -2.13. The summed E-state index contributed by atoms with van der Waals surface area (Å²) in [5.41, 5.74) is -0.950. The van der Waals surface area contributed by atoms with Crippen molar-refractivity contribution in [3.05, 3.63) is 28.8 Å². The smallest absolute Gasteiger partial charge is 0.326 e. The van der Waals surface area contributed by atoms with E-state index in [2.05, 4.69) is 5.32 Å². The Labute approximate surface area is 112 Å². The Hall–Kier alpha value is -0.940. The normalized spacial score (nSPS) is 13.2. The zero-order valence-corrected chi connectivity index (χ0v) is 10.8. The summed E-state index contributed by atoms with van der Waals surface area (Å²) >= 11 is 10.9. The third-order valence-corrected chi connectivity index (χ3v) is 3.01. The first-order valence-electron chi connectivity index (χ1n) is 4.99. The van der Waals surface area contributed by atoms with Crippen molar-refractivity contribution in [2.24, 2.45) is 5.92 Å². The molecule has 0 bridgehead atoms. The van der Waals surface area contributed by atoms with E-state index in [0.717, 1.165) is 12.1 Å². The van der Waals surface area contributed by atoms with E-state index < -0.39 is 28.6 Å². The summed E-state index contributed by atoms with van der Waals surface area (Å²) in [5.74, 6) is -0.844. The molecule has 0 spiro atoms. The van der Waals surface area contributed by atoms with Crippen LogP contribution in [0.15, 0.2) is 18.2 Å². The number of hydrogen-bond donors (Lipinski definition) is 1. The van der Waals surface area contributed by atoms with Crippen LogP contribution in [-0.2, 0) is 11.0 Å². The van der Waals surface area contributed by atoms with Crippen molar-refractivity contribution < 1.29 is 18.0 Å². The highest BCUT2D eigenvalue weighted by molar-refractivity contribution is 6.31. The molecule has 0 radical (unpaired) electrons. The maximum Gasteiger partial charge on any atom is 0.417 e. The molecule has 0 aliphatic heterocycles. The van der Waals surface area contributed by atoms with E-state index >= 15 is 0 Å². The van der Waals surface area contributed by atoms with Crippen molar-refractivity contribution in [3.63, 3.8) is 0 Å². The number of carbonyl (C=O) groups is 1. The van der Waals surface area contributed by atoms with E-state index in [0.29, 0.717) is 0 Å². The van der Waals surface area contributed by atoms with Crippen molar-refractivity contribution in [3.8, 4) is 0 Å². The topological polar surface area (TPSA) is 29.1 Å². The Morgan fingerprint density at radius 1 is 1.44 bits per heavy atom. The Bertz CT molecular complexity index is 448. The summed E-state index contributed by atoms with van der Waals surface area (Å²) in [4.78, 5) is 11.5. The third kappa shape index (κ3) is 3.78. The molecule has 1 unspecified atom stereocenters. The molecule has 2 nitrogen and oxygen atoms in total. The molecule has 7 heteroatoms. The van der Waals surface area contributed by atoms with Crippen molar-refractivity contribution in [1.29, 1.82) is 0 Å². The predicted molar refractivity (Wildman–Crippen MR) is 65.0 cm³/mol. The van der Waals surface area contributed by atoms with Crippen LogP contribution in [0.25, 0.3) is 0 Å². The molecule has 0 aliphatic carbocycles. The number of rotatable bonds is 3. The van der Waals surface area contributed by atoms with E-state index in [-0.39, 0.29) is 11.6 Å². The Balaban J connectivity index is 2.96. The SMILES string of the molecule is CC(CCl)C(=O)Nc1ccc(Cl)c(C(F)(F)F)c1. The van der Waals surface area contributed by atoms with E-state index in [1.807, 2.05) is 0 Å². The lowest BCUT2D eigenvalue weighted by Crippen LogP contribution is -2.21. The molecule has 1 amide bonds. The minimum absolute atomic E-state index is 0.0358. The molecule has 0 saturated carbocycles. The van der Waals surface area contributed by atoms with Gasteiger partial charge in [0, 0.05) is 17.5 Å². The van der Waals surface area contributed by atoms with Crippen LogP contribution in [0.2, 0.25) is 5.02 Å². The van der Waals surface area contributed by atoms with Crippen LogP contribution in [0.5, 0.6) is 0 Å². The van der Waals surface area contributed by atoms with Gasteiger partial charge in [-0.1, -0.05) is 18.5 Å². The number of benzene rings is 1. The average molecular weight is 300 g/mol. The quantitative estimate of drug-likeness (QED) is 0.834. The number of alkyl halides is 4. The zero-order valence-electron chi connectivity index (χ0n) is 9.31. The average Bonchev–Trinajstić information content (AvgIpc) is 2.29. The van der Waals surface area contributed by atoms with Crippen LogP contribution in [-0.4, -0.2) is 11.8 Å². The Morgan fingerprint density at radius 3 is 2.56 bits per heavy atom. The van der Waals surface area contributed by atoms with Crippen molar-refractivity contribution in [2.75, 3.05) is 11.2 Å². The van der Waals surface area contributed by atoms with Crippen LogP contribution in [0.1, 0.15) is 12.5 Å². The van der Waals surface area contributed by atoms with Crippen LogP contribution < -0.4 is 5.32 Å². The summed E-state index contributed by atoms with van der Waals surface area (Å²) in [6.45, 7) is 1.57. The van der Waals surface area contributed by atoms with Crippen LogP contribution in [0, 0.1) is 5.92 Å². The van der Waals surface area contributed by atoms with Gasteiger partial charge in [-0.25, -0.2) is 0 Å². The van der Waals surface area contributed by atoms with Crippen LogP contribution in [0.3, 0.4) is 0 Å². The van der Waals surface area contributed by atoms with Crippen molar-refractivity contribution >= 4 is 34.8 Å². The fraction of sp³-hybridized carbons (Fsp3) is 0.364. The van der Waals surface area contributed by atoms with Gasteiger partial charge in [0.15, 0.2) is 0 Å². The largest absolute Gasteiger partial charge is 0.417 e. The monoisotopic (exact) mass is 299 g/mol. The molecule has 1 atom stereocenters. The highest BCUT2D eigenvalue weighted by Gasteiger charge is 2.33. The van der Waals surface area contributed by atoms with Gasteiger partial charge in [0.05, 0.1) is 10.6 Å². The standard InChI is InChI=1S/C11H10Cl2F3NO/c1-6(5-12)10(18)17-7-2-3-9(13)8(4-7)11(14,15)16/h2-4,6H,5H2,1H3,(H,17,18). The summed E-state index contributed by atoms with van der Waals surface area (Å²) in [6.07, 6.45) is -4.56.